The van der Waals surface area contributed by atoms with Gasteiger partial charge in [0.25, 0.3) is 0 Å². The van der Waals surface area contributed by atoms with Crippen molar-refractivity contribution in [2.75, 3.05) is 0 Å². The molecule has 0 aromatic rings. The van der Waals surface area contributed by atoms with Crippen LogP contribution in [0.3, 0.4) is 0 Å². The first-order valence-corrected chi connectivity index (χ1v) is 13.1. The van der Waals surface area contributed by atoms with Crippen LogP contribution < -0.4 is 0 Å². The van der Waals surface area contributed by atoms with Gasteiger partial charge in [0.2, 0.25) is 0 Å². The van der Waals surface area contributed by atoms with Gasteiger partial charge in [0.05, 0.1) is 0 Å². The summed E-state index contributed by atoms with van der Waals surface area (Å²) in [5, 5.41) is 0. The number of Topliss-reactive ketones (excluding diaryl/α,β-unsaturated/α-hetero) is 1. The van der Waals surface area contributed by atoms with Crippen LogP contribution in [0.5, 0.6) is 0 Å². The van der Waals surface area contributed by atoms with Crippen LogP contribution in [0.1, 0.15) is 119 Å². The number of carbonyl (C=O) groups is 1. The van der Waals surface area contributed by atoms with Gasteiger partial charge in [0, 0.05) is 12.8 Å². The predicted molar refractivity (Wildman–Crippen MR) is 123 cm³/mol. The molecule has 0 aromatic carbocycles. The highest BCUT2D eigenvalue weighted by molar-refractivity contribution is 5.80. The van der Waals surface area contributed by atoms with E-state index in [-0.39, 0.29) is 5.41 Å². The van der Waals surface area contributed by atoms with Crippen LogP contribution in [-0.4, -0.2) is 5.78 Å². The van der Waals surface area contributed by atoms with Crippen LogP contribution in [0.25, 0.3) is 0 Å². The summed E-state index contributed by atoms with van der Waals surface area (Å²) in [7, 11) is 0. The predicted octanol–water partition coefficient (Wildman–Crippen LogP) is 8.07. The molecule has 4 rings (SSSR count). The zero-order chi connectivity index (χ0) is 21.0. The summed E-state index contributed by atoms with van der Waals surface area (Å²) >= 11 is 0. The summed E-state index contributed by atoms with van der Waals surface area (Å²) in [6, 6.07) is 0. The minimum Gasteiger partial charge on any atom is -0.300 e. The molecule has 4 fully saturated rings. The molecule has 0 amide bonds. The zero-order valence-electron chi connectivity index (χ0n) is 20.4. The Balaban J connectivity index is 1.50. The standard InChI is InChI=1S/C28H48O/c1-19(2)8-7-9-20(3)23-10-11-24-22-13-15-26(4)18-21(29)12-17-28(26,6)25(22)14-16-27(23,24)5/h19-20,22-25H,7-18H2,1-6H3/t20-,22+,23-,24+,25+,26+,27-,28-/m1/s1. The Hall–Kier alpha value is -0.330. The molecular formula is C28H48O. The first-order chi connectivity index (χ1) is 13.6. The normalized spacial score (nSPS) is 48.2. The van der Waals surface area contributed by atoms with Crippen molar-refractivity contribution in [2.24, 2.45) is 51.8 Å². The van der Waals surface area contributed by atoms with Gasteiger partial charge < -0.3 is 0 Å². The van der Waals surface area contributed by atoms with Crippen LogP contribution in [0, 0.1) is 51.8 Å². The molecule has 0 spiro atoms. The minimum absolute atomic E-state index is 0.277. The molecule has 0 radical (unpaired) electrons. The SMILES string of the molecule is CC(C)CCC[C@@H](C)[C@H]1CC[C@H]2[C@@H]3CC[C@@]4(C)CC(=O)CC[C@]4(C)[C@H]3CC[C@]12C. The number of fused-ring (bicyclic) bond motifs is 5. The summed E-state index contributed by atoms with van der Waals surface area (Å²) in [5.74, 6) is 6.02. The second kappa shape index (κ2) is 7.67. The summed E-state index contributed by atoms with van der Waals surface area (Å²) < 4.78 is 0. The van der Waals surface area contributed by atoms with E-state index < -0.39 is 0 Å². The highest BCUT2D eigenvalue weighted by atomic mass is 16.1. The molecule has 8 atom stereocenters. The van der Waals surface area contributed by atoms with Crippen LogP contribution in [-0.2, 0) is 4.79 Å². The van der Waals surface area contributed by atoms with E-state index in [9.17, 15) is 4.79 Å². The van der Waals surface area contributed by atoms with Gasteiger partial charge in [-0.25, -0.2) is 0 Å². The van der Waals surface area contributed by atoms with Crippen molar-refractivity contribution in [3.05, 3.63) is 0 Å². The average molecular weight is 401 g/mol. The lowest BCUT2D eigenvalue weighted by molar-refractivity contribution is -0.164. The molecule has 0 heterocycles. The van der Waals surface area contributed by atoms with E-state index in [0.29, 0.717) is 16.6 Å². The Labute approximate surface area is 181 Å². The van der Waals surface area contributed by atoms with E-state index >= 15 is 0 Å². The lowest BCUT2D eigenvalue weighted by Gasteiger charge is -2.64. The Morgan fingerprint density at radius 2 is 1.66 bits per heavy atom. The highest BCUT2D eigenvalue weighted by Gasteiger charge is 2.63. The molecule has 1 nitrogen and oxygen atoms in total. The van der Waals surface area contributed by atoms with E-state index in [0.717, 1.165) is 48.3 Å². The smallest absolute Gasteiger partial charge is 0.133 e. The molecule has 1 heteroatoms. The van der Waals surface area contributed by atoms with E-state index in [4.69, 9.17) is 0 Å². The van der Waals surface area contributed by atoms with Crippen molar-refractivity contribution in [1.82, 2.24) is 0 Å². The van der Waals surface area contributed by atoms with Crippen LogP contribution in [0.4, 0.5) is 0 Å². The molecule has 0 saturated heterocycles. The molecule has 0 aromatic heterocycles. The third-order valence-corrected chi connectivity index (χ3v) is 11.4. The largest absolute Gasteiger partial charge is 0.300 e. The van der Waals surface area contributed by atoms with Crippen LogP contribution >= 0.6 is 0 Å². The van der Waals surface area contributed by atoms with Crippen molar-refractivity contribution in [3.63, 3.8) is 0 Å². The van der Waals surface area contributed by atoms with Gasteiger partial charge >= 0.3 is 0 Å². The lowest BCUT2D eigenvalue weighted by atomic mass is 9.40. The van der Waals surface area contributed by atoms with E-state index in [1.807, 2.05) is 0 Å². The Kier molecular flexibility index (Phi) is 5.79. The van der Waals surface area contributed by atoms with Crippen LogP contribution in [0.15, 0.2) is 0 Å². The molecule has 166 valence electrons. The third-order valence-electron chi connectivity index (χ3n) is 11.4. The fourth-order valence-electron chi connectivity index (χ4n) is 9.42. The molecule has 4 aliphatic carbocycles. The number of hydrogen-bond acceptors (Lipinski definition) is 1. The maximum absolute atomic E-state index is 12.3. The zero-order valence-corrected chi connectivity index (χ0v) is 20.4. The lowest BCUT2D eigenvalue weighted by Crippen LogP contribution is -2.57. The number of hydrogen-bond donors (Lipinski definition) is 0. The van der Waals surface area contributed by atoms with E-state index in [1.165, 1.54) is 64.2 Å². The average Bonchev–Trinajstić information content (AvgIpc) is 2.99. The monoisotopic (exact) mass is 400 g/mol. The maximum Gasteiger partial charge on any atom is 0.133 e. The highest BCUT2D eigenvalue weighted by Crippen LogP contribution is 2.71. The Morgan fingerprint density at radius 3 is 2.38 bits per heavy atom. The molecule has 0 bridgehead atoms. The molecule has 0 aliphatic heterocycles. The molecule has 29 heavy (non-hydrogen) atoms. The first kappa shape index (κ1) is 21.9. The molecule has 4 saturated carbocycles. The van der Waals surface area contributed by atoms with Crippen molar-refractivity contribution < 1.29 is 4.79 Å². The van der Waals surface area contributed by atoms with Gasteiger partial charge in [-0.15, -0.1) is 0 Å². The molecule has 0 unspecified atom stereocenters. The number of carbonyl (C=O) groups excluding carboxylic acids is 1. The van der Waals surface area contributed by atoms with Gasteiger partial charge in [-0.2, -0.15) is 0 Å². The third kappa shape index (κ3) is 3.45. The van der Waals surface area contributed by atoms with E-state index in [2.05, 4.69) is 41.5 Å². The quantitative estimate of drug-likeness (QED) is 0.456. The van der Waals surface area contributed by atoms with Crippen molar-refractivity contribution in [1.29, 1.82) is 0 Å². The second-order valence-corrected chi connectivity index (χ2v) is 13.1. The topological polar surface area (TPSA) is 17.1 Å². The van der Waals surface area contributed by atoms with E-state index in [1.54, 1.807) is 0 Å². The number of ketones is 1. The molecular weight excluding hydrogens is 352 g/mol. The maximum atomic E-state index is 12.3. The summed E-state index contributed by atoms with van der Waals surface area (Å²) in [6.07, 6.45) is 15.7. The van der Waals surface area contributed by atoms with Crippen molar-refractivity contribution in [2.45, 2.75) is 119 Å². The first-order valence-electron chi connectivity index (χ1n) is 13.1. The fourth-order valence-corrected chi connectivity index (χ4v) is 9.42. The van der Waals surface area contributed by atoms with Gasteiger partial charge in [0.1, 0.15) is 5.78 Å². The van der Waals surface area contributed by atoms with Crippen molar-refractivity contribution in [3.8, 4) is 0 Å². The van der Waals surface area contributed by atoms with Crippen LogP contribution in [0.2, 0.25) is 0 Å². The number of rotatable bonds is 5. The minimum atomic E-state index is 0.277. The summed E-state index contributed by atoms with van der Waals surface area (Å²) in [4.78, 5) is 12.3. The summed E-state index contributed by atoms with van der Waals surface area (Å²) in [5.41, 5.74) is 1.28. The van der Waals surface area contributed by atoms with Gasteiger partial charge in [-0.05, 0) is 96.7 Å². The second-order valence-electron chi connectivity index (χ2n) is 13.1. The van der Waals surface area contributed by atoms with Crippen molar-refractivity contribution >= 4 is 5.78 Å². The summed E-state index contributed by atoms with van der Waals surface area (Å²) in [6.45, 7) is 15.1. The molecule has 0 N–H and O–H groups in total. The Bertz CT molecular complexity index is 622. The molecule has 4 aliphatic rings. The van der Waals surface area contributed by atoms with Gasteiger partial charge in [-0.1, -0.05) is 60.8 Å². The van der Waals surface area contributed by atoms with Gasteiger partial charge in [-0.3, -0.25) is 4.79 Å². The Morgan fingerprint density at radius 1 is 0.897 bits per heavy atom. The van der Waals surface area contributed by atoms with Gasteiger partial charge in [0.15, 0.2) is 0 Å². The fraction of sp³-hybridized carbons (Fsp3) is 0.964.